The molecule has 1 fully saturated rings. The number of nitrogens with one attached hydrogen (secondary N) is 1. The van der Waals surface area contributed by atoms with E-state index in [1.54, 1.807) is 6.20 Å². The first-order valence-corrected chi connectivity index (χ1v) is 7.41. The van der Waals surface area contributed by atoms with E-state index in [0.29, 0.717) is 25.3 Å². The fourth-order valence-electron chi connectivity index (χ4n) is 2.80. The number of nitrogens with zero attached hydrogens (tertiary/aromatic N) is 4. The molecule has 0 amide bonds. The third-order valence-corrected chi connectivity index (χ3v) is 3.98. The van der Waals surface area contributed by atoms with Gasteiger partial charge in [0.2, 0.25) is 0 Å². The highest BCUT2D eigenvalue weighted by Gasteiger charge is 2.33. The van der Waals surface area contributed by atoms with Crippen molar-refractivity contribution in [3.8, 4) is 0 Å². The Balaban J connectivity index is 1.72. The van der Waals surface area contributed by atoms with Crippen molar-refractivity contribution in [2.24, 2.45) is 5.92 Å². The molecule has 0 unspecified atom stereocenters. The van der Waals surface area contributed by atoms with Crippen molar-refractivity contribution in [1.29, 1.82) is 0 Å². The molecule has 122 valence electrons. The van der Waals surface area contributed by atoms with E-state index in [4.69, 9.17) is 0 Å². The number of anilines is 1. The summed E-state index contributed by atoms with van der Waals surface area (Å²) in [5.74, 6) is 0.0941. The summed E-state index contributed by atoms with van der Waals surface area (Å²) in [5, 5.41) is 17.4. The third kappa shape index (κ3) is 3.31. The summed E-state index contributed by atoms with van der Waals surface area (Å²) in [6.07, 6.45) is 3.16. The normalized spacial score (nSPS) is 20.7. The minimum atomic E-state index is -0.525. The summed E-state index contributed by atoms with van der Waals surface area (Å²) in [6, 6.07) is 1.98. The number of methoxy groups -OCH3 is 1. The summed E-state index contributed by atoms with van der Waals surface area (Å²) in [6.45, 7) is 3.03. The summed E-state index contributed by atoms with van der Waals surface area (Å²) >= 11 is 0. The molecule has 0 spiro atoms. The molecule has 3 heterocycles. The number of aliphatic hydroxyl groups is 1. The number of aryl methyl sites for hydroxylation is 1. The molecule has 2 aromatic heterocycles. The molecule has 0 aromatic carbocycles. The number of rotatable bonds is 4. The first kappa shape index (κ1) is 15.4. The van der Waals surface area contributed by atoms with Gasteiger partial charge in [-0.05, 0) is 19.4 Å². The van der Waals surface area contributed by atoms with Crippen LogP contribution >= 0.6 is 0 Å². The molecule has 0 aliphatic carbocycles. The van der Waals surface area contributed by atoms with Gasteiger partial charge in [0, 0.05) is 24.7 Å². The molecular formula is C15H19N5O3. The zero-order valence-corrected chi connectivity index (χ0v) is 13.1. The number of esters is 1. The molecule has 1 saturated heterocycles. The number of β-amino-alcohol motifs (C(OH)–C–C–N with tert-alkyl or cyclic N) is 1. The molecule has 0 saturated carbocycles. The number of carbonyl (C=O) groups excluding carboxylic acids is 1. The highest BCUT2D eigenvalue weighted by Crippen LogP contribution is 2.25. The van der Waals surface area contributed by atoms with Crippen molar-refractivity contribution in [2.45, 2.75) is 19.4 Å². The summed E-state index contributed by atoms with van der Waals surface area (Å²) in [4.78, 5) is 21.8. The average molecular weight is 317 g/mol. The summed E-state index contributed by atoms with van der Waals surface area (Å²) in [7, 11) is 1.30. The van der Waals surface area contributed by atoms with E-state index < -0.39 is 12.1 Å². The lowest BCUT2D eigenvalue weighted by atomic mass is 10.0. The standard InChI is InChI=1S/C15H19N5O3/c1-9-3-11(19-18-9)4-10-7-20(8-13(10)21)14-6-16-5-12(17-14)15(22)23-2/h3,5-6,10,13,21H,4,7-8H2,1-2H3,(H,18,19)/t10-,13+/m1/s1. The number of hydrogen-bond donors (Lipinski definition) is 2. The van der Waals surface area contributed by atoms with Crippen LogP contribution in [0.5, 0.6) is 0 Å². The predicted molar refractivity (Wildman–Crippen MR) is 82.1 cm³/mol. The number of ether oxygens (including phenoxy) is 1. The average Bonchev–Trinajstić information content (AvgIpc) is 3.13. The van der Waals surface area contributed by atoms with Gasteiger partial charge in [0.1, 0.15) is 5.82 Å². The van der Waals surface area contributed by atoms with E-state index >= 15 is 0 Å². The van der Waals surface area contributed by atoms with Crippen LogP contribution in [-0.2, 0) is 11.2 Å². The van der Waals surface area contributed by atoms with Gasteiger partial charge < -0.3 is 14.7 Å². The van der Waals surface area contributed by atoms with E-state index in [9.17, 15) is 9.90 Å². The van der Waals surface area contributed by atoms with Crippen molar-refractivity contribution in [3.05, 3.63) is 35.5 Å². The maximum absolute atomic E-state index is 11.5. The Morgan fingerprint density at radius 1 is 1.48 bits per heavy atom. The number of aliphatic hydroxyl groups excluding tert-OH is 1. The Hall–Kier alpha value is -2.48. The lowest BCUT2D eigenvalue weighted by Crippen LogP contribution is -2.23. The van der Waals surface area contributed by atoms with Crippen LogP contribution < -0.4 is 4.90 Å². The molecule has 23 heavy (non-hydrogen) atoms. The smallest absolute Gasteiger partial charge is 0.358 e. The monoisotopic (exact) mass is 317 g/mol. The fourth-order valence-corrected chi connectivity index (χ4v) is 2.80. The Bertz CT molecular complexity index is 702. The third-order valence-electron chi connectivity index (χ3n) is 3.98. The van der Waals surface area contributed by atoms with Crippen LogP contribution in [-0.4, -0.2) is 57.5 Å². The summed E-state index contributed by atoms with van der Waals surface area (Å²) in [5.41, 5.74) is 2.09. The van der Waals surface area contributed by atoms with Crippen LogP contribution in [0.25, 0.3) is 0 Å². The molecule has 8 heteroatoms. The molecule has 3 rings (SSSR count). The Labute approximate surface area is 133 Å². The van der Waals surface area contributed by atoms with Crippen LogP contribution in [0.3, 0.4) is 0 Å². The molecular weight excluding hydrogens is 298 g/mol. The first-order chi connectivity index (χ1) is 11.1. The van der Waals surface area contributed by atoms with E-state index in [1.807, 2.05) is 17.9 Å². The van der Waals surface area contributed by atoms with E-state index in [2.05, 4.69) is 24.9 Å². The number of aromatic amines is 1. The van der Waals surface area contributed by atoms with Crippen molar-refractivity contribution in [2.75, 3.05) is 25.1 Å². The second-order valence-electron chi connectivity index (χ2n) is 5.73. The van der Waals surface area contributed by atoms with Gasteiger partial charge in [0.15, 0.2) is 5.69 Å². The van der Waals surface area contributed by atoms with Gasteiger partial charge in [-0.2, -0.15) is 5.10 Å². The van der Waals surface area contributed by atoms with E-state index in [0.717, 1.165) is 11.4 Å². The van der Waals surface area contributed by atoms with E-state index in [1.165, 1.54) is 13.3 Å². The van der Waals surface area contributed by atoms with Gasteiger partial charge in [-0.1, -0.05) is 0 Å². The quantitative estimate of drug-likeness (QED) is 0.783. The Morgan fingerprint density at radius 3 is 3.00 bits per heavy atom. The SMILES string of the molecule is COC(=O)c1cncc(N2C[C@@H](Cc3cc(C)[nH]n3)[C@@H](O)C2)n1. The second-order valence-corrected chi connectivity index (χ2v) is 5.73. The number of carbonyl (C=O) groups is 1. The number of hydrogen-bond acceptors (Lipinski definition) is 7. The van der Waals surface area contributed by atoms with Crippen LogP contribution in [0, 0.1) is 12.8 Å². The first-order valence-electron chi connectivity index (χ1n) is 7.41. The van der Waals surface area contributed by atoms with Gasteiger partial charge in [-0.25, -0.2) is 9.78 Å². The number of H-pyrrole nitrogens is 1. The topological polar surface area (TPSA) is 104 Å². The van der Waals surface area contributed by atoms with Gasteiger partial charge in [-0.15, -0.1) is 0 Å². The van der Waals surface area contributed by atoms with Crippen molar-refractivity contribution in [1.82, 2.24) is 20.2 Å². The highest BCUT2D eigenvalue weighted by atomic mass is 16.5. The van der Waals surface area contributed by atoms with Crippen molar-refractivity contribution < 1.29 is 14.6 Å². The van der Waals surface area contributed by atoms with Crippen molar-refractivity contribution >= 4 is 11.8 Å². The zero-order valence-electron chi connectivity index (χ0n) is 13.1. The molecule has 0 bridgehead atoms. The van der Waals surface area contributed by atoms with Gasteiger partial charge in [-0.3, -0.25) is 10.1 Å². The van der Waals surface area contributed by atoms with Gasteiger partial charge >= 0.3 is 5.97 Å². The molecule has 2 atom stereocenters. The van der Waals surface area contributed by atoms with Crippen molar-refractivity contribution in [3.63, 3.8) is 0 Å². The predicted octanol–water partition coefficient (Wildman–Crippen LogP) is 0.335. The largest absolute Gasteiger partial charge is 0.464 e. The lowest BCUT2D eigenvalue weighted by Gasteiger charge is -2.16. The zero-order chi connectivity index (χ0) is 16.4. The molecule has 8 nitrogen and oxygen atoms in total. The van der Waals surface area contributed by atoms with E-state index in [-0.39, 0.29) is 11.6 Å². The molecule has 0 radical (unpaired) electrons. The van der Waals surface area contributed by atoms with Crippen LogP contribution in [0.1, 0.15) is 21.9 Å². The Kier molecular flexibility index (Phi) is 4.24. The summed E-state index contributed by atoms with van der Waals surface area (Å²) < 4.78 is 4.66. The molecule has 1 aliphatic heterocycles. The highest BCUT2D eigenvalue weighted by molar-refractivity contribution is 5.87. The minimum Gasteiger partial charge on any atom is -0.464 e. The second kappa shape index (κ2) is 6.33. The fraction of sp³-hybridized carbons (Fsp3) is 0.467. The molecule has 2 N–H and O–H groups in total. The van der Waals surface area contributed by atoms with Crippen LogP contribution in [0.4, 0.5) is 5.82 Å². The maximum atomic E-state index is 11.5. The van der Waals surface area contributed by atoms with Gasteiger partial charge in [0.05, 0.1) is 31.3 Å². The van der Waals surface area contributed by atoms with Crippen LogP contribution in [0.2, 0.25) is 0 Å². The Morgan fingerprint density at radius 2 is 2.30 bits per heavy atom. The molecule has 1 aliphatic rings. The maximum Gasteiger partial charge on any atom is 0.358 e. The van der Waals surface area contributed by atoms with Crippen LogP contribution in [0.15, 0.2) is 18.5 Å². The lowest BCUT2D eigenvalue weighted by molar-refractivity contribution is 0.0593. The number of aromatic nitrogens is 4. The molecule has 2 aromatic rings. The van der Waals surface area contributed by atoms with Gasteiger partial charge in [0.25, 0.3) is 0 Å². The minimum absolute atomic E-state index is 0.0567.